The summed E-state index contributed by atoms with van der Waals surface area (Å²) in [6.07, 6.45) is 1.51. The fourth-order valence-electron chi connectivity index (χ4n) is 1.65. The van der Waals surface area contributed by atoms with E-state index in [9.17, 15) is 9.59 Å². The van der Waals surface area contributed by atoms with Gasteiger partial charge in [-0.1, -0.05) is 6.07 Å². The number of hydrogen-bond acceptors (Lipinski definition) is 5. The maximum Gasteiger partial charge on any atom is 0.314 e. The molecule has 0 aliphatic carbocycles. The summed E-state index contributed by atoms with van der Waals surface area (Å²) >= 11 is 2.90. The summed E-state index contributed by atoms with van der Waals surface area (Å²) in [5.41, 5.74) is 0.888. The first kappa shape index (κ1) is 12.2. The van der Waals surface area contributed by atoms with Crippen LogP contribution in [0.25, 0.3) is 10.9 Å². The number of benzene rings is 1. The molecule has 0 saturated carbocycles. The minimum Gasteiger partial charge on any atom is -0.322 e. The van der Waals surface area contributed by atoms with E-state index in [2.05, 4.69) is 20.4 Å². The molecule has 2 aromatic heterocycles. The van der Waals surface area contributed by atoms with E-state index in [1.54, 1.807) is 0 Å². The molecule has 0 fully saturated rings. The van der Waals surface area contributed by atoms with Crippen molar-refractivity contribution in [3.05, 3.63) is 56.0 Å². The molecule has 19 heavy (non-hydrogen) atoms. The van der Waals surface area contributed by atoms with Gasteiger partial charge in [0.1, 0.15) is 0 Å². The topological polar surface area (TPSA) is 78.6 Å². The van der Waals surface area contributed by atoms with E-state index in [4.69, 9.17) is 0 Å². The van der Waals surface area contributed by atoms with Gasteiger partial charge < -0.3 is 9.97 Å². The fourth-order valence-corrected chi connectivity index (χ4v) is 3.10. The Morgan fingerprint density at radius 2 is 2.16 bits per heavy atom. The van der Waals surface area contributed by atoms with Crippen LogP contribution in [0.2, 0.25) is 0 Å². The Labute approximate surface area is 115 Å². The Morgan fingerprint density at radius 3 is 3.00 bits per heavy atom. The quantitative estimate of drug-likeness (QED) is 0.571. The average Bonchev–Trinajstić information content (AvgIpc) is 2.87. The van der Waals surface area contributed by atoms with Crippen LogP contribution in [0, 0.1) is 0 Å². The predicted molar refractivity (Wildman–Crippen MR) is 76.9 cm³/mol. The first-order valence-electron chi connectivity index (χ1n) is 5.50. The van der Waals surface area contributed by atoms with Crippen molar-refractivity contribution in [2.45, 2.75) is 10.8 Å². The predicted octanol–water partition coefficient (Wildman–Crippen LogP) is 1.97. The normalized spacial score (nSPS) is 10.9. The molecule has 7 heteroatoms. The third-order valence-corrected chi connectivity index (χ3v) is 4.26. The van der Waals surface area contributed by atoms with E-state index < -0.39 is 11.1 Å². The number of aromatic amines is 2. The Kier molecular flexibility index (Phi) is 3.22. The summed E-state index contributed by atoms with van der Waals surface area (Å²) in [6, 6.07) is 6.08. The Balaban J connectivity index is 1.79. The van der Waals surface area contributed by atoms with Crippen LogP contribution < -0.4 is 11.1 Å². The molecule has 96 valence electrons. The molecular formula is C12H9N3O2S2. The van der Waals surface area contributed by atoms with Crippen molar-refractivity contribution in [3.8, 4) is 0 Å². The van der Waals surface area contributed by atoms with E-state index >= 15 is 0 Å². The molecule has 0 spiro atoms. The lowest BCUT2D eigenvalue weighted by atomic mass is 10.2. The van der Waals surface area contributed by atoms with Crippen LogP contribution in [0.15, 0.2) is 44.4 Å². The van der Waals surface area contributed by atoms with Gasteiger partial charge in [-0.25, -0.2) is 0 Å². The molecule has 0 amide bonds. The summed E-state index contributed by atoms with van der Waals surface area (Å²) < 4.78 is 4.25. The summed E-state index contributed by atoms with van der Waals surface area (Å²) in [4.78, 5) is 27.1. The minimum absolute atomic E-state index is 0.623. The van der Waals surface area contributed by atoms with Crippen LogP contribution in [0.3, 0.4) is 0 Å². The van der Waals surface area contributed by atoms with Crippen LogP contribution in [0.1, 0.15) is 5.56 Å². The molecule has 3 rings (SSSR count). The number of H-pyrrole nitrogens is 2. The zero-order valence-electron chi connectivity index (χ0n) is 9.67. The Bertz CT molecular complexity index is 834. The van der Waals surface area contributed by atoms with Gasteiger partial charge in [-0.2, -0.15) is 4.37 Å². The molecule has 0 aliphatic heterocycles. The molecule has 0 radical (unpaired) electrons. The van der Waals surface area contributed by atoms with E-state index in [1.165, 1.54) is 29.5 Å². The lowest BCUT2D eigenvalue weighted by molar-refractivity contribution is 0.971. The second-order valence-electron chi connectivity index (χ2n) is 3.93. The van der Waals surface area contributed by atoms with Gasteiger partial charge in [0.15, 0.2) is 0 Å². The molecule has 0 bridgehead atoms. The van der Waals surface area contributed by atoms with Gasteiger partial charge in [0, 0.05) is 22.7 Å². The van der Waals surface area contributed by atoms with Gasteiger partial charge in [0.2, 0.25) is 0 Å². The third-order valence-electron chi connectivity index (χ3n) is 2.59. The number of thioether (sulfide) groups is 1. The van der Waals surface area contributed by atoms with Crippen molar-refractivity contribution in [2.24, 2.45) is 0 Å². The first-order chi connectivity index (χ1) is 9.22. The smallest absolute Gasteiger partial charge is 0.314 e. The zero-order valence-corrected chi connectivity index (χ0v) is 11.3. The molecule has 0 saturated heterocycles. The van der Waals surface area contributed by atoms with Gasteiger partial charge >= 0.3 is 11.1 Å². The lowest BCUT2D eigenvalue weighted by Gasteiger charge is -2.01. The number of nitrogens with zero attached hydrogens (tertiary/aromatic N) is 1. The van der Waals surface area contributed by atoms with E-state index in [-0.39, 0.29) is 0 Å². The van der Waals surface area contributed by atoms with Crippen LogP contribution in [-0.4, -0.2) is 14.3 Å². The Morgan fingerprint density at radius 1 is 1.26 bits per heavy atom. The number of nitrogens with one attached hydrogen (secondary N) is 2. The van der Waals surface area contributed by atoms with Crippen molar-refractivity contribution in [2.75, 3.05) is 0 Å². The van der Waals surface area contributed by atoms with Crippen molar-refractivity contribution >= 4 is 34.2 Å². The molecule has 2 N–H and O–H groups in total. The van der Waals surface area contributed by atoms with E-state index in [0.717, 1.165) is 16.5 Å². The zero-order chi connectivity index (χ0) is 13.2. The average molecular weight is 291 g/mol. The SMILES string of the molecule is O=c1[nH]cc(SCc2ccc3nscc3c2)[nH]c1=O. The number of rotatable bonds is 3. The highest BCUT2D eigenvalue weighted by molar-refractivity contribution is 7.98. The summed E-state index contributed by atoms with van der Waals surface area (Å²) in [6.45, 7) is 0. The van der Waals surface area contributed by atoms with Crippen molar-refractivity contribution in [1.29, 1.82) is 0 Å². The fraction of sp³-hybridized carbons (Fsp3) is 0.0833. The number of aromatic nitrogens is 3. The van der Waals surface area contributed by atoms with Crippen LogP contribution in [0.5, 0.6) is 0 Å². The monoisotopic (exact) mass is 291 g/mol. The highest BCUT2D eigenvalue weighted by atomic mass is 32.2. The van der Waals surface area contributed by atoms with Crippen molar-refractivity contribution in [1.82, 2.24) is 14.3 Å². The standard InChI is InChI=1S/C12H9N3O2S2/c16-11-12(17)14-10(4-13-11)18-5-7-1-2-9-8(3-7)6-19-15-9/h1-4,6H,5H2,(H,13,16)(H,14,17). The van der Waals surface area contributed by atoms with Crippen LogP contribution >= 0.6 is 23.3 Å². The van der Waals surface area contributed by atoms with Gasteiger partial charge in [0.05, 0.1) is 10.5 Å². The highest BCUT2D eigenvalue weighted by Gasteiger charge is 2.02. The van der Waals surface area contributed by atoms with Gasteiger partial charge in [0.25, 0.3) is 0 Å². The van der Waals surface area contributed by atoms with Gasteiger partial charge in [-0.3, -0.25) is 9.59 Å². The lowest BCUT2D eigenvalue weighted by Crippen LogP contribution is -2.28. The number of hydrogen-bond donors (Lipinski definition) is 2. The molecule has 3 aromatic rings. The third kappa shape index (κ3) is 2.61. The van der Waals surface area contributed by atoms with Gasteiger partial charge in [-0.15, -0.1) is 11.8 Å². The number of fused-ring (bicyclic) bond motifs is 1. The largest absolute Gasteiger partial charge is 0.322 e. The Hall–Kier alpha value is -1.86. The van der Waals surface area contributed by atoms with Crippen molar-refractivity contribution < 1.29 is 0 Å². The highest BCUT2D eigenvalue weighted by Crippen LogP contribution is 2.22. The second kappa shape index (κ2) is 5.02. The minimum atomic E-state index is -0.630. The van der Waals surface area contributed by atoms with E-state index in [0.29, 0.717) is 10.8 Å². The molecule has 0 atom stereocenters. The molecule has 2 heterocycles. The molecule has 0 unspecified atom stereocenters. The summed E-state index contributed by atoms with van der Waals surface area (Å²) in [7, 11) is 0. The first-order valence-corrected chi connectivity index (χ1v) is 7.32. The second-order valence-corrected chi connectivity index (χ2v) is 5.58. The van der Waals surface area contributed by atoms with Crippen molar-refractivity contribution in [3.63, 3.8) is 0 Å². The molecule has 5 nitrogen and oxygen atoms in total. The molecule has 1 aromatic carbocycles. The van der Waals surface area contributed by atoms with Crippen LogP contribution in [-0.2, 0) is 5.75 Å². The van der Waals surface area contributed by atoms with E-state index in [1.807, 2.05) is 17.5 Å². The summed E-state index contributed by atoms with van der Waals surface area (Å²) in [5.74, 6) is 0.716. The summed E-state index contributed by atoms with van der Waals surface area (Å²) in [5, 5.41) is 3.77. The maximum atomic E-state index is 11.2. The van der Waals surface area contributed by atoms with Crippen LogP contribution in [0.4, 0.5) is 0 Å². The van der Waals surface area contributed by atoms with Gasteiger partial charge in [-0.05, 0) is 29.2 Å². The molecular weight excluding hydrogens is 282 g/mol. The molecule has 0 aliphatic rings. The maximum absolute atomic E-state index is 11.2.